The molecule has 0 unspecified atom stereocenters. The van der Waals surface area contributed by atoms with Crippen LogP contribution in [0.5, 0.6) is 23.0 Å². The van der Waals surface area contributed by atoms with Crippen molar-refractivity contribution in [3.8, 4) is 28.7 Å². The fourth-order valence-corrected chi connectivity index (χ4v) is 12.6. The molecule has 0 radical (unpaired) electrons. The van der Waals surface area contributed by atoms with Crippen LogP contribution in [0.4, 0.5) is 56.9 Å². The molecule has 0 atom stereocenters. The summed E-state index contributed by atoms with van der Waals surface area (Å²) in [5, 5.41) is 8.92. The summed E-state index contributed by atoms with van der Waals surface area (Å²) in [6, 6.07) is 86.0. The Morgan fingerprint density at radius 3 is 1.58 bits per heavy atom. The molecule has 0 saturated heterocycles. The van der Waals surface area contributed by atoms with Gasteiger partial charge in [-0.2, -0.15) is 0 Å². The molecule has 8 nitrogen and oxygen atoms in total. The van der Waals surface area contributed by atoms with Crippen LogP contribution in [-0.2, 0) is 0 Å². The van der Waals surface area contributed by atoms with Crippen molar-refractivity contribution in [2.45, 2.75) is 0 Å². The van der Waals surface area contributed by atoms with E-state index < -0.39 is 0 Å². The molecule has 1 aromatic heterocycles. The van der Waals surface area contributed by atoms with Crippen LogP contribution < -0.4 is 68.1 Å². The maximum Gasteiger partial charge on any atom is 0.256 e. The highest BCUT2D eigenvalue weighted by atomic mass is 16.5. The van der Waals surface area contributed by atoms with E-state index in [2.05, 4.69) is 207 Å². The summed E-state index contributed by atoms with van der Waals surface area (Å²) in [5.74, 6) is 2.77. The number of nitrogens with one attached hydrogen (secondary N) is 2. The van der Waals surface area contributed by atoms with E-state index in [0.717, 1.165) is 107 Å². The van der Waals surface area contributed by atoms with Crippen LogP contribution in [0.1, 0.15) is 0 Å². The lowest BCUT2D eigenvalue weighted by atomic mass is 9.33. The quantitative estimate of drug-likeness (QED) is 0.122. The number of benzene rings is 11. The topological polar surface area (TPSA) is 71.0 Å². The minimum Gasteiger partial charge on any atom is -0.458 e. The summed E-state index contributed by atoms with van der Waals surface area (Å²) in [6.07, 6.45) is 0. The van der Waals surface area contributed by atoms with E-state index >= 15 is 4.79 Å². The molecular weight excluding hydrogens is 944 g/mol. The number of rotatable bonds is 7. The van der Waals surface area contributed by atoms with Gasteiger partial charge in [0.05, 0.1) is 11.0 Å². The molecule has 4 aliphatic rings. The zero-order chi connectivity index (χ0) is 50.7. The minimum atomic E-state index is -0.259. The Kier molecular flexibility index (Phi) is 9.51. The fraction of sp³-hybridized carbons (Fsp3) is 0. The second kappa shape index (κ2) is 16.9. The summed E-state index contributed by atoms with van der Waals surface area (Å²) in [5.41, 5.74) is 19.0. The van der Waals surface area contributed by atoms with Crippen LogP contribution in [0.15, 0.2) is 254 Å². The third kappa shape index (κ3) is 6.71. The largest absolute Gasteiger partial charge is 0.458 e. The van der Waals surface area contributed by atoms with Crippen LogP contribution in [0.25, 0.3) is 27.5 Å². The molecule has 10 heteroatoms. The fourth-order valence-electron chi connectivity index (χ4n) is 12.6. The average molecular weight is 988 g/mol. The maximum absolute atomic E-state index is 16.0. The average Bonchev–Trinajstić information content (AvgIpc) is 3.67. The monoisotopic (exact) mass is 987 g/mol. The van der Waals surface area contributed by atoms with Gasteiger partial charge in [-0.15, -0.1) is 0 Å². The normalized spacial score (nSPS) is 13.1. The molecule has 12 aromatic rings. The Hall–Kier alpha value is -10.2. The first-order valence-electron chi connectivity index (χ1n) is 26.1. The minimum absolute atomic E-state index is 0.0381. The molecule has 2 N–H and O–H groups in total. The predicted molar refractivity (Wildman–Crippen MR) is 318 cm³/mol. The Morgan fingerprint density at radius 1 is 0.403 bits per heavy atom. The van der Waals surface area contributed by atoms with Gasteiger partial charge in [0.15, 0.2) is 5.43 Å². The van der Waals surface area contributed by atoms with E-state index in [0.29, 0.717) is 28.0 Å². The highest BCUT2D eigenvalue weighted by molar-refractivity contribution is 7.00. The van der Waals surface area contributed by atoms with Crippen molar-refractivity contribution in [1.29, 1.82) is 0 Å². The number of hydrogen-bond donors (Lipinski definition) is 2. The van der Waals surface area contributed by atoms with Crippen molar-refractivity contribution in [3.63, 3.8) is 0 Å². The molecular formula is C67H43B2N5O3. The van der Waals surface area contributed by atoms with Gasteiger partial charge in [0.1, 0.15) is 23.0 Å². The molecule has 0 spiro atoms. The van der Waals surface area contributed by atoms with Gasteiger partial charge in [-0.1, -0.05) is 133 Å². The number of hydrogen-bond acceptors (Lipinski definition) is 7. The number of ether oxygens (including phenoxy) is 2. The molecule has 0 fully saturated rings. The van der Waals surface area contributed by atoms with Crippen molar-refractivity contribution in [3.05, 3.63) is 259 Å². The van der Waals surface area contributed by atoms with Crippen molar-refractivity contribution in [2.75, 3.05) is 20.4 Å². The Bertz CT molecular complexity index is 4190. The number of aromatic nitrogens is 1. The van der Waals surface area contributed by atoms with Crippen LogP contribution >= 0.6 is 0 Å². The molecule has 0 aliphatic carbocycles. The van der Waals surface area contributed by atoms with E-state index in [1.54, 1.807) is 0 Å². The van der Waals surface area contributed by atoms with Crippen LogP contribution in [-0.4, -0.2) is 18.0 Å². The van der Waals surface area contributed by atoms with Gasteiger partial charge in [0.2, 0.25) is 0 Å². The van der Waals surface area contributed by atoms with Gasteiger partial charge in [-0.25, -0.2) is 0 Å². The standard InChI is InChI=1S/C67H43B2N5O3/c75-67-49-38-53-55(71-56-34-43(70-42-20-6-1-7-21-42)35-61-65(56)68(53)51-30-16-18-32-57(51)72(61)44-22-8-2-9-23-44)40-59(49)74(46-26-12-4-13-27-46)60-41-63-54(39-50(60)67)69-52-31-17-19-33-58(52)73(45-24-10-3-11-25-45)62-36-48(37-64(77-63)66(62)69)76-47-28-14-5-15-29-47/h1-41,70-71H. The van der Waals surface area contributed by atoms with Crippen LogP contribution in [0.2, 0.25) is 0 Å². The summed E-state index contributed by atoms with van der Waals surface area (Å²) in [7, 11) is 0. The maximum atomic E-state index is 16.0. The number of nitrogens with zero attached hydrogens (tertiary/aromatic N) is 3. The third-order valence-electron chi connectivity index (χ3n) is 15.8. The van der Waals surface area contributed by atoms with E-state index in [-0.39, 0.29) is 18.9 Å². The lowest BCUT2D eigenvalue weighted by molar-refractivity contribution is 0.463. The summed E-state index contributed by atoms with van der Waals surface area (Å²) < 4.78 is 16.1. The lowest BCUT2D eigenvalue weighted by Gasteiger charge is -2.41. The van der Waals surface area contributed by atoms with Gasteiger partial charge in [0, 0.05) is 91.5 Å². The molecule has 5 heterocycles. The number of pyridine rings is 1. The second-order valence-corrected chi connectivity index (χ2v) is 20.1. The molecule has 0 saturated carbocycles. The number of fused-ring (bicyclic) bond motifs is 10. The zero-order valence-electron chi connectivity index (χ0n) is 41.4. The van der Waals surface area contributed by atoms with Crippen molar-refractivity contribution < 1.29 is 9.47 Å². The summed E-state index contributed by atoms with van der Waals surface area (Å²) in [4.78, 5) is 20.6. The molecule has 360 valence electrons. The van der Waals surface area contributed by atoms with Crippen molar-refractivity contribution in [1.82, 2.24) is 4.57 Å². The van der Waals surface area contributed by atoms with Gasteiger partial charge < -0.3 is 34.5 Å². The number of para-hydroxylation sites is 7. The number of anilines is 10. The second-order valence-electron chi connectivity index (χ2n) is 20.1. The van der Waals surface area contributed by atoms with Gasteiger partial charge in [-0.3, -0.25) is 4.79 Å². The molecule has 0 bridgehead atoms. The Balaban J connectivity index is 0.935. The van der Waals surface area contributed by atoms with Crippen LogP contribution in [0.3, 0.4) is 0 Å². The molecule has 11 aromatic carbocycles. The van der Waals surface area contributed by atoms with E-state index in [4.69, 9.17) is 9.47 Å². The van der Waals surface area contributed by atoms with Gasteiger partial charge in [0.25, 0.3) is 13.4 Å². The SMILES string of the molecule is O=c1c2cc3c(cc2n(-c2ccccc2)c2cc4c(cc12)B1c2ccccc2N(c2ccccc2)c2cc(Oc5ccccc5)cc(c21)O4)Nc1cc(Nc2ccccc2)cc2c1B3c1ccccc1N2c1ccccc1. The first-order chi connectivity index (χ1) is 38.1. The molecule has 77 heavy (non-hydrogen) atoms. The Morgan fingerprint density at radius 2 is 0.935 bits per heavy atom. The van der Waals surface area contributed by atoms with Gasteiger partial charge in [-0.05, 0) is 130 Å². The molecule has 0 amide bonds. The smallest absolute Gasteiger partial charge is 0.256 e. The van der Waals surface area contributed by atoms with E-state index in [1.807, 2.05) is 66.7 Å². The molecule has 4 aliphatic heterocycles. The van der Waals surface area contributed by atoms with E-state index in [9.17, 15) is 0 Å². The summed E-state index contributed by atoms with van der Waals surface area (Å²) >= 11 is 0. The first kappa shape index (κ1) is 43.2. The third-order valence-corrected chi connectivity index (χ3v) is 15.8. The Labute approximate surface area is 444 Å². The lowest BCUT2D eigenvalue weighted by Crippen LogP contribution is -2.60. The van der Waals surface area contributed by atoms with Crippen LogP contribution in [0, 0.1) is 0 Å². The van der Waals surface area contributed by atoms with E-state index in [1.165, 1.54) is 5.46 Å². The first-order valence-corrected chi connectivity index (χ1v) is 26.1. The van der Waals surface area contributed by atoms with Crippen molar-refractivity contribution in [2.24, 2.45) is 0 Å². The zero-order valence-corrected chi connectivity index (χ0v) is 41.4. The van der Waals surface area contributed by atoms with Gasteiger partial charge >= 0.3 is 0 Å². The highest BCUT2D eigenvalue weighted by Crippen LogP contribution is 2.46. The summed E-state index contributed by atoms with van der Waals surface area (Å²) in [6.45, 7) is -0.442. The van der Waals surface area contributed by atoms with Crippen molar-refractivity contribution >= 4 is 125 Å². The predicted octanol–water partition coefficient (Wildman–Crippen LogP) is 12.4. The molecule has 16 rings (SSSR count). The highest BCUT2D eigenvalue weighted by Gasteiger charge is 2.44.